The minimum atomic E-state index is -0.480. The number of amides is 1. The molecule has 1 aromatic carbocycles. The number of carbonyl (C=O) groups excluding carboxylic acids is 1. The first-order valence-corrected chi connectivity index (χ1v) is 9.11. The molecule has 0 N–H and O–H groups in total. The van der Waals surface area contributed by atoms with Crippen LogP contribution in [0.4, 0.5) is 4.79 Å². The maximum absolute atomic E-state index is 12.3. The van der Waals surface area contributed by atoms with Gasteiger partial charge in [-0.3, -0.25) is 4.90 Å². The van der Waals surface area contributed by atoms with Gasteiger partial charge in [-0.15, -0.1) is 0 Å². The highest BCUT2D eigenvalue weighted by atomic mass is 16.6. The standard InChI is InChI=1S/C20H27N3O3/c1-14-15(10-21)6-5-7-17(14)18-12-22-8-9-23(11-16(22)13-25-18)19(24)26-20(2,3)4/h5-7,16,18H,8-9,11-13H2,1-4H3. The van der Waals surface area contributed by atoms with Crippen LogP contribution in [0.1, 0.15) is 43.6 Å². The molecule has 2 aliphatic heterocycles. The third-order valence-electron chi connectivity index (χ3n) is 4.99. The Labute approximate surface area is 155 Å². The van der Waals surface area contributed by atoms with Crippen LogP contribution in [-0.2, 0) is 9.47 Å². The van der Waals surface area contributed by atoms with Gasteiger partial charge in [-0.1, -0.05) is 12.1 Å². The average molecular weight is 357 g/mol. The van der Waals surface area contributed by atoms with Gasteiger partial charge in [-0.25, -0.2) is 4.79 Å². The number of ether oxygens (including phenoxy) is 2. The number of hydrogen-bond acceptors (Lipinski definition) is 5. The Morgan fingerprint density at radius 2 is 2.08 bits per heavy atom. The fourth-order valence-corrected chi connectivity index (χ4v) is 3.59. The van der Waals surface area contributed by atoms with Crippen molar-refractivity contribution < 1.29 is 14.3 Å². The van der Waals surface area contributed by atoms with Gasteiger partial charge < -0.3 is 14.4 Å². The van der Waals surface area contributed by atoms with Crippen LogP contribution in [0.5, 0.6) is 0 Å². The molecule has 140 valence electrons. The van der Waals surface area contributed by atoms with Crippen LogP contribution in [0.25, 0.3) is 0 Å². The Morgan fingerprint density at radius 3 is 2.77 bits per heavy atom. The number of fused-ring (bicyclic) bond motifs is 1. The van der Waals surface area contributed by atoms with E-state index >= 15 is 0 Å². The minimum Gasteiger partial charge on any atom is -0.444 e. The maximum atomic E-state index is 12.3. The number of piperazine rings is 1. The monoisotopic (exact) mass is 357 g/mol. The smallest absolute Gasteiger partial charge is 0.410 e. The van der Waals surface area contributed by atoms with E-state index in [0.29, 0.717) is 25.3 Å². The lowest BCUT2D eigenvalue weighted by atomic mass is 9.96. The van der Waals surface area contributed by atoms with Crippen molar-refractivity contribution in [3.05, 3.63) is 34.9 Å². The molecular formula is C20H27N3O3. The zero-order valence-electron chi connectivity index (χ0n) is 16.0. The largest absolute Gasteiger partial charge is 0.444 e. The van der Waals surface area contributed by atoms with Crippen molar-refractivity contribution in [2.24, 2.45) is 0 Å². The molecule has 2 aliphatic rings. The quantitative estimate of drug-likeness (QED) is 0.773. The summed E-state index contributed by atoms with van der Waals surface area (Å²) < 4.78 is 11.6. The Kier molecular flexibility index (Phi) is 5.22. The number of rotatable bonds is 1. The lowest BCUT2D eigenvalue weighted by molar-refractivity contribution is -0.0908. The summed E-state index contributed by atoms with van der Waals surface area (Å²) in [5.41, 5.74) is 2.29. The topological polar surface area (TPSA) is 65.8 Å². The SMILES string of the molecule is Cc1c(C#N)cccc1C1CN2CCN(C(=O)OC(C)(C)C)CC2CO1. The van der Waals surface area contributed by atoms with E-state index < -0.39 is 5.60 Å². The van der Waals surface area contributed by atoms with E-state index in [-0.39, 0.29) is 18.2 Å². The summed E-state index contributed by atoms with van der Waals surface area (Å²) in [5, 5.41) is 9.24. The molecule has 1 amide bonds. The molecule has 1 aromatic rings. The van der Waals surface area contributed by atoms with Crippen LogP contribution in [0, 0.1) is 18.3 Å². The molecule has 0 aliphatic carbocycles. The molecule has 6 heteroatoms. The molecule has 3 rings (SSSR count). The lowest BCUT2D eigenvalue weighted by Crippen LogP contribution is -2.60. The van der Waals surface area contributed by atoms with Crippen molar-refractivity contribution >= 4 is 6.09 Å². The van der Waals surface area contributed by atoms with E-state index in [0.717, 1.165) is 24.2 Å². The molecule has 2 atom stereocenters. The van der Waals surface area contributed by atoms with Crippen LogP contribution >= 0.6 is 0 Å². The van der Waals surface area contributed by atoms with Crippen molar-refractivity contribution in [2.45, 2.75) is 45.4 Å². The first-order chi connectivity index (χ1) is 12.3. The molecule has 2 unspecified atom stereocenters. The molecule has 0 bridgehead atoms. The Morgan fingerprint density at radius 1 is 1.31 bits per heavy atom. The molecule has 6 nitrogen and oxygen atoms in total. The van der Waals surface area contributed by atoms with Crippen LogP contribution in [0.15, 0.2) is 18.2 Å². The van der Waals surface area contributed by atoms with Crippen molar-refractivity contribution in [1.82, 2.24) is 9.80 Å². The molecule has 2 heterocycles. The zero-order chi connectivity index (χ0) is 18.9. The zero-order valence-corrected chi connectivity index (χ0v) is 16.0. The molecule has 0 aromatic heterocycles. The van der Waals surface area contributed by atoms with Gasteiger partial charge in [0.1, 0.15) is 5.60 Å². The van der Waals surface area contributed by atoms with Crippen molar-refractivity contribution in [3.8, 4) is 6.07 Å². The van der Waals surface area contributed by atoms with E-state index in [1.807, 2.05) is 45.9 Å². The molecule has 26 heavy (non-hydrogen) atoms. The van der Waals surface area contributed by atoms with E-state index in [1.165, 1.54) is 0 Å². The molecule has 2 saturated heterocycles. The molecule has 0 radical (unpaired) electrons. The number of nitrogens with zero attached hydrogens (tertiary/aromatic N) is 3. The Balaban J connectivity index is 1.64. The summed E-state index contributed by atoms with van der Waals surface area (Å²) in [6.07, 6.45) is -0.288. The maximum Gasteiger partial charge on any atom is 0.410 e. The van der Waals surface area contributed by atoms with Gasteiger partial charge in [0.25, 0.3) is 0 Å². The fourth-order valence-electron chi connectivity index (χ4n) is 3.59. The second kappa shape index (κ2) is 7.26. The van der Waals surface area contributed by atoms with Gasteiger partial charge in [0, 0.05) is 26.2 Å². The van der Waals surface area contributed by atoms with Gasteiger partial charge in [0.05, 0.1) is 30.4 Å². The van der Waals surface area contributed by atoms with Crippen molar-refractivity contribution in [2.75, 3.05) is 32.8 Å². The molecule has 2 fully saturated rings. The normalized spacial score (nSPS) is 23.9. The Bertz CT molecular complexity index is 720. The van der Waals surface area contributed by atoms with Crippen LogP contribution in [-0.4, -0.2) is 60.3 Å². The molecule has 0 saturated carbocycles. The summed E-state index contributed by atoms with van der Waals surface area (Å²) >= 11 is 0. The minimum absolute atomic E-state index is 0.0346. The van der Waals surface area contributed by atoms with E-state index in [4.69, 9.17) is 9.47 Å². The van der Waals surface area contributed by atoms with Gasteiger partial charge in [0.15, 0.2) is 0 Å². The van der Waals surface area contributed by atoms with Gasteiger partial charge in [0.2, 0.25) is 0 Å². The molecule has 0 spiro atoms. The summed E-state index contributed by atoms with van der Waals surface area (Å²) in [6, 6.07) is 8.22. The van der Waals surface area contributed by atoms with Crippen LogP contribution in [0.2, 0.25) is 0 Å². The van der Waals surface area contributed by atoms with Gasteiger partial charge in [-0.05, 0) is 44.9 Å². The van der Waals surface area contributed by atoms with E-state index in [2.05, 4.69) is 11.0 Å². The van der Waals surface area contributed by atoms with Gasteiger partial charge in [-0.2, -0.15) is 5.26 Å². The lowest BCUT2D eigenvalue weighted by Gasteiger charge is -2.46. The van der Waals surface area contributed by atoms with Crippen LogP contribution in [0.3, 0.4) is 0 Å². The first kappa shape index (κ1) is 18.7. The summed E-state index contributed by atoms with van der Waals surface area (Å²) in [7, 11) is 0. The summed E-state index contributed by atoms with van der Waals surface area (Å²) in [5.74, 6) is 0. The highest BCUT2D eigenvalue weighted by Gasteiger charge is 2.37. The van der Waals surface area contributed by atoms with Crippen molar-refractivity contribution in [1.29, 1.82) is 5.26 Å². The highest BCUT2D eigenvalue weighted by molar-refractivity contribution is 5.68. The number of nitriles is 1. The Hall–Kier alpha value is -2.10. The number of carbonyl (C=O) groups is 1. The average Bonchev–Trinajstić information content (AvgIpc) is 2.59. The summed E-state index contributed by atoms with van der Waals surface area (Å²) in [4.78, 5) is 16.5. The summed E-state index contributed by atoms with van der Waals surface area (Å²) in [6.45, 7) is 11.1. The number of hydrogen-bond donors (Lipinski definition) is 0. The highest BCUT2D eigenvalue weighted by Crippen LogP contribution is 2.30. The predicted molar refractivity (Wildman–Crippen MR) is 97.8 cm³/mol. The first-order valence-electron chi connectivity index (χ1n) is 9.11. The predicted octanol–water partition coefficient (Wildman–Crippen LogP) is 2.86. The van der Waals surface area contributed by atoms with Crippen molar-refractivity contribution in [3.63, 3.8) is 0 Å². The fraction of sp³-hybridized carbons (Fsp3) is 0.600. The molecular weight excluding hydrogens is 330 g/mol. The van der Waals surface area contributed by atoms with E-state index in [9.17, 15) is 10.1 Å². The van der Waals surface area contributed by atoms with Crippen LogP contribution < -0.4 is 0 Å². The second-order valence-corrected chi connectivity index (χ2v) is 8.03. The third-order valence-corrected chi connectivity index (χ3v) is 4.99. The third kappa shape index (κ3) is 4.00. The van der Waals surface area contributed by atoms with Gasteiger partial charge >= 0.3 is 6.09 Å². The van der Waals surface area contributed by atoms with E-state index in [1.54, 1.807) is 4.90 Å². The second-order valence-electron chi connectivity index (χ2n) is 8.03. The number of morpholine rings is 1. The number of benzene rings is 1.